The zero-order valence-electron chi connectivity index (χ0n) is 14.3. The van der Waals surface area contributed by atoms with E-state index < -0.39 is 0 Å². The Hall–Kier alpha value is -2.80. The van der Waals surface area contributed by atoms with E-state index in [0.717, 1.165) is 27.1 Å². The number of anilines is 1. The van der Waals surface area contributed by atoms with Gasteiger partial charge in [0.2, 0.25) is 0 Å². The number of ether oxygens (including phenoxy) is 1. The van der Waals surface area contributed by atoms with E-state index in [9.17, 15) is 4.79 Å². The predicted molar refractivity (Wildman–Crippen MR) is 101 cm³/mol. The molecule has 0 amide bonds. The first-order valence-corrected chi connectivity index (χ1v) is 8.64. The largest absolute Gasteiger partial charge is 0.462 e. The molecule has 0 atom stereocenters. The monoisotopic (exact) mass is 354 g/mol. The fourth-order valence-electron chi connectivity index (χ4n) is 2.39. The van der Waals surface area contributed by atoms with Gasteiger partial charge < -0.3 is 9.64 Å². The molecule has 0 saturated heterocycles. The topological polar surface area (TPSA) is 67.2 Å². The number of carbonyl (C=O) groups is 1. The smallest absolute Gasteiger partial charge is 0.348 e. The van der Waals surface area contributed by atoms with Crippen molar-refractivity contribution in [2.45, 2.75) is 6.92 Å². The molecule has 0 fully saturated rings. The Morgan fingerprint density at radius 3 is 2.64 bits per heavy atom. The quantitative estimate of drug-likeness (QED) is 0.480. The average Bonchev–Trinajstić information content (AvgIpc) is 3.06. The molecule has 128 valence electrons. The molecule has 0 radical (unpaired) electrons. The van der Waals surface area contributed by atoms with Gasteiger partial charge in [0.05, 0.1) is 17.0 Å². The van der Waals surface area contributed by atoms with Crippen molar-refractivity contribution in [3.63, 3.8) is 0 Å². The summed E-state index contributed by atoms with van der Waals surface area (Å²) in [5.41, 5.74) is 2.46. The van der Waals surface area contributed by atoms with Crippen LogP contribution in [0.2, 0.25) is 0 Å². The molecule has 0 bridgehead atoms. The third kappa shape index (κ3) is 3.66. The van der Waals surface area contributed by atoms with Crippen molar-refractivity contribution >= 4 is 44.5 Å². The molecule has 2 aromatic heterocycles. The first kappa shape index (κ1) is 17.0. The van der Waals surface area contributed by atoms with Gasteiger partial charge >= 0.3 is 5.97 Å². The van der Waals surface area contributed by atoms with Gasteiger partial charge in [0.15, 0.2) is 0 Å². The van der Waals surface area contributed by atoms with Crippen LogP contribution in [0, 0.1) is 0 Å². The molecule has 6 nitrogen and oxygen atoms in total. The van der Waals surface area contributed by atoms with Crippen molar-refractivity contribution in [1.29, 1.82) is 0 Å². The number of nitrogens with zero attached hydrogens (tertiary/aromatic N) is 4. The van der Waals surface area contributed by atoms with Crippen LogP contribution in [-0.2, 0) is 4.74 Å². The summed E-state index contributed by atoms with van der Waals surface area (Å²) in [7, 11) is 3.93. The van der Waals surface area contributed by atoms with Crippen LogP contribution in [0.5, 0.6) is 0 Å². The molecule has 1 aromatic carbocycles. The van der Waals surface area contributed by atoms with Crippen LogP contribution in [0.1, 0.15) is 16.6 Å². The Morgan fingerprint density at radius 1 is 1.20 bits per heavy atom. The average molecular weight is 354 g/mol. The number of benzene rings is 1. The van der Waals surface area contributed by atoms with Crippen molar-refractivity contribution in [3.05, 3.63) is 47.6 Å². The predicted octanol–water partition coefficient (Wildman–Crippen LogP) is 4.95. The molecular formula is C18H18N4O2S. The number of hydrogen-bond acceptors (Lipinski definition) is 7. The zero-order chi connectivity index (χ0) is 17.8. The van der Waals surface area contributed by atoms with Crippen molar-refractivity contribution in [2.75, 3.05) is 25.6 Å². The van der Waals surface area contributed by atoms with Gasteiger partial charge in [-0.1, -0.05) is 0 Å². The van der Waals surface area contributed by atoms with E-state index in [0.29, 0.717) is 11.5 Å². The minimum atomic E-state index is -0.314. The molecule has 0 aliphatic carbocycles. The van der Waals surface area contributed by atoms with Gasteiger partial charge in [-0.25, -0.2) is 4.79 Å². The molecule has 0 aliphatic heterocycles. The van der Waals surface area contributed by atoms with Crippen molar-refractivity contribution in [2.24, 2.45) is 10.2 Å². The van der Waals surface area contributed by atoms with E-state index >= 15 is 0 Å². The number of pyridine rings is 1. The van der Waals surface area contributed by atoms with E-state index in [1.165, 1.54) is 11.3 Å². The third-order valence-corrected chi connectivity index (χ3v) is 4.67. The number of rotatable bonds is 5. The number of esters is 1. The van der Waals surface area contributed by atoms with Gasteiger partial charge in [0.1, 0.15) is 10.6 Å². The Bertz CT molecular complexity index is 919. The lowest BCUT2D eigenvalue weighted by Gasteiger charge is -2.14. The van der Waals surface area contributed by atoms with E-state index in [4.69, 9.17) is 4.74 Å². The highest BCUT2D eigenvalue weighted by atomic mass is 32.1. The highest BCUT2D eigenvalue weighted by Crippen LogP contribution is 2.40. The Labute approximate surface area is 149 Å². The van der Waals surface area contributed by atoms with Gasteiger partial charge in [-0.05, 0) is 37.3 Å². The SMILES string of the molecule is CCOC(=O)c1cc2c(N(C)C)ccc(N=Nc3ccncc3)c2s1. The third-order valence-electron chi connectivity index (χ3n) is 3.53. The molecular weight excluding hydrogens is 336 g/mol. The fourth-order valence-corrected chi connectivity index (χ4v) is 3.41. The first-order chi connectivity index (χ1) is 12.1. The van der Waals surface area contributed by atoms with Crippen LogP contribution in [0.3, 0.4) is 0 Å². The number of fused-ring (bicyclic) bond motifs is 1. The van der Waals surface area contributed by atoms with Crippen LogP contribution < -0.4 is 4.90 Å². The van der Waals surface area contributed by atoms with Crippen molar-refractivity contribution in [3.8, 4) is 0 Å². The van der Waals surface area contributed by atoms with E-state index in [2.05, 4.69) is 15.2 Å². The molecule has 25 heavy (non-hydrogen) atoms. The number of thiophene rings is 1. The van der Waals surface area contributed by atoms with Gasteiger partial charge in [0, 0.05) is 37.6 Å². The maximum absolute atomic E-state index is 12.1. The summed E-state index contributed by atoms with van der Waals surface area (Å²) in [6, 6.07) is 9.32. The summed E-state index contributed by atoms with van der Waals surface area (Å²) in [5, 5.41) is 9.58. The van der Waals surface area contributed by atoms with Gasteiger partial charge in [-0.3, -0.25) is 4.98 Å². The number of carbonyl (C=O) groups excluding carboxylic acids is 1. The molecule has 0 unspecified atom stereocenters. The lowest BCUT2D eigenvalue weighted by Crippen LogP contribution is -2.08. The van der Waals surface area contributed by atoms with Crippen molar-refractivity contribution < 1.29 is 9.53 Å². The molecule has 7 heteroatoms. The fraction of sp³-hybridized carbons (Fsp3) is 0.222. The Balaban J connectivity index is 2.08. The highest BCUT2D eigenvalue weighted by Gasteiger charge is 2.16. The number of azo groups is 1. The molecule has 0 aliphatic rings. The second-order valence-corrected chi connectivity index (χ2v) is 6.53. The maximum Gasteiger partial charge on any atom is 0.348 e. The molecule has 3 aromatic rings. The lowest BCUT2D eigenvalue weighted by molar-refractivity contribution is 0.0532. The Kier molecular flexibility index (Phi) is 5.04. The summed E-state index contributed by atoms with van der Waals surface area (Å²) < 4.78 is 6.03. The van der Waals surface area contributed by atoms with Gasteiger partial charge in [-0.2, -0.15) is 5.11 Å². The van der Waals surface area contributed by atoms with Gasteiger partial charge in [0.25, 0.3) is 0 Å². The Morgan fingerprint density at radius 2 is 1.96 bits per heavy atom. The minimum Gasteiger partial charge on any atom is -0.462 e. The van der Waals surface area contributed by atoms with E-state index in [-0.39, 0.29) is 5.97 Å². The second kappa shape index (κ2) is 7.40. The molecule has 0 N–H and O–H groups in total. The zero-order valence-corrected chi connectivity index (χ0v) is 15.1. The number of aromatic nitrogens is 1. The lowest BCUT2D eigenvalue weighted by atomic mass is 10.2. The summed E-state index contributed by atoms with van der Waals surface area (Å²) >= 11 is 1.37. The van der Waals surface area contributed by atoms with Crippen LogP contribution in [0.4, 0.5) is 17.1 Å². The molecule has 3 rings (SSSR count). The summed E-state index contributed by atoms with van der Waals surface area (Å²) in [6.45, 7) is 2.15. The summed E-state index contributed by atoms with van der Waals surface area (Å²) in [5.74, 6) is -0.314. The molecule has 0 saturated carbocycles. The standard InChI is InChI=1S/C18H18N4O2S/c1-4-24-18(23)16-11-13-15(22(2)3)6-5-14(17(13)25-16)21-20-12-7-9-19-10-8-12/h5-11H,4H2,1-3H3. The number of hydrogen-bond donors (Lipinski definition) is 0. The molecule has 0 spiro atoms. The molecule has 2 heterocycles. The van der Waals surface area contributed by atoms with Crippen molar-refractivity contribution in [1.82, 2.24) is 4.98 Å². The van der Waals surface area contributed by atoms with Crippen LogP contribution in [0.25, 0.3) is 10.1 Å². The van der Waals surface area contributed by atoms with Crippen LogP contribution in [0.15, 0.2) is 53.0 Å². The van der Waals surface area contributed by atoms with Gasteiger partial charge in [-0.15, -0.1) is 16.5 Å². The first-order valence-electron chi connectivity index (χ1n) is 7.83. The summed E-state index contributed by atoms with van der Waals surface area (Å²) in [6.07, 6.45) is 3.34. The highest BCUT2D eigenvalue weighted by molar-refractivity contribution is 7.21. The van der Waals surface area contributed by atoms with Crippen LogP contribution >= 0.6 is 11.3 Å². The minimum absolute atomic E-state index is 0.314. The van der Waals surface area contributed by atoms with E-state index in [1.807, 2.05) is 37.2 Å². The maximum atomic E-state index is 12.1. The van der Waals surface area contributed by atoms with E-state index in [1.54, 1.807) is 31.5 Å². The van der Waals surface area contributed by atoms with Crippen LogP contribution in [-0.4, -0.2) is 31.7 Å². The second-order valence-electron chi connectivity index (χ2n) is 5.48. The normalized spacial score (nSPS) is 11.2. The summed E-state index contributed by atoms with van der Waals surface area (Å²) in [4.78, 5) is 18.6.